The molecule has 0 bridgehead atoms. The van der Waals surface area contributed by atoms with Crippen LogP contribution >= 0.6 is 0 Å². The molecule has 0 saturated carbocycles. The van der Waals surface area contributed by atoms with Crippen molar-refractivity contribution in [2.75, 3.05) is 44.2 Å². The zero-order chi connectivity index (χ0) is 20.1. The van der Waals surface area contributed by atoms with Gasteiger partial charge in [-0.15, -0.1) is 0 Å². The lowest BCUT2D eigenvalue weighted by Crippen LogP contribution is -2.56. The number of pyridine rings is 1. The number of amides is 3. The Bertz CT molecular complexity index is 822. The molecule has 2 aromatic rings. The number of carbonyl (C=O) groups excluding carboxylic acids is 2. The summed E-state index contributed by atoms with van der Waals surface area (Å²) in [7, 11) is 0. The second-order valence-electron chi connectivity index (χ2n) is 7.57. The molecule has 29 heavy (non-hydrogen) atoms. The molecule has 1 atom stereocenters. The second kappa shape index (κ2) is 8.94. The van der Waals surface area contributed by atoms with Crippen LogP contribution in [0.1, 0.15) is 23.2 Å². The van der Waals surface area contributed by atoms with E-state index >= 15 is 0 Å². The molecular weight excluding hydrogens is 366 g/mol. The van der Waals surface area contributed by atoms with E-state index < -0.39 is 0 Å². The van der Waals surface area contributed by atoms with Crippen molar-refractivity contribution in [2.45, 2.75) is 18.9 Å². The largest absolute Gasteiger partial charge is 0.353 e. The SMILES string of the molecule is O=C(N[C@@H]1CCCN(C(=O)c2ccccc2)C1)N1CCN(c2ccccn2)CC1. The summed E-state index contributed by atoms with van der Waals surface area (Å²) in [6.07, 6.45) is 3.59. The summed E-state index contributed by atoms with van der Waals surface area (Å²) in [4.78, 5) is 35.7. The molecule has 0 aliphatic carbocycles. The van der Waals surface area contributed by atoms with Gasteiger partial charge in [0.1, 0.15) is 5.82 Å². The van der Waals surface area contributed by atoms with E-state index in [4.69, 9.17) is 0 Å². The highest BCUT2D eigenvalue weighted by molar-refractivity contribution is 5.94. The van der Waals surface area contributed by atoms with E-state index in [0.29, 0.717) is 25.2 Å². The summed E-state index contributed by atoms with van der Waals surface area (Å²) in [5, 5.41) is 3.14. The first-order valence-corrected chi connectivity index (χ1v) is 10.3. The number of aromatic nitrogens is 1. The van der Waals surface area contributed by atoms with Crippen molar-refractivity contribution in [3.8, 4) is 0 Å². The zero-order valence-corrected chi connectivity index (χ0v) is 16.5. The van der Waals surface area contributed by atoms with Crippen LogP contribution in [-0.2, 0) is 0 Å². The molecule has 2 fully saturated rings. The number of piperazine rings is 1. The molecule has 3 amide bonds. The summed E-state index contributed by atoms with van der Waals surface area (Å²) in [6.45, 7) is 4.18. The van der Waals surface area contributed by atoms with Crippen LogP contribution < -0.4 is 10.2 Å². The van der Waals surface area contributed by atoms with Crippen molar-refractivity contribution >= 4 is 17.8 Å². The Morgan fingerprint density at radius 3 is 2.38 bits per heavy atom. The molecule has 152 valence electrons. The minimum Gasteiger partial charge on any atom is -0.353 e. The first-order valence-electron chi connectivity index (χ1n) is 10.3. The van der Waals surface area contributed by atoms with Crippen LogP contribution in [0, 0.1) is 0 Å². The topological polar surface area (TPSA) is 68.8 Å². The number of nitrogens with one attached hydrogen (secondary N) is 1. The van der Waals surface area contributed by atoms with Crippen LogP contribution in [0.2, 0.25) is 0 Å². The van der Waals surface area contributed by atoms with Crippen LogP contribution in [0.4, 0.5) is 10.6 Å². The molecule has 1 aromatic heterocycles. The van der Waals surface area contributed by atoms with Gasteiger partial charge in [-0.25, -0.2) is 9.78 Å². The zero-order valence-electron chi connectivity index (χ0n) is 16.5. The van der Waals surface area contributed by atoms with Crippen LogP contribution in [0.15, 0.2) is 54.7 Å². The fourth-order valence-corrected chi connectivity index (χ4v) is 3.99. The quantitative estimate of drug-likeness (QED) is 0.868. The number of piperidine rings is 1. The maximum absolute atomic E-state index is 12.7. The van der Waals surface area contributed by atoms with Gasteiger partial charge in [0.25, 0.3) is 5.91 Å². The molecule has 0 radical (unpaired) electrons. The molecule has 2 aliphatic heterocycles. The number of carbonyl (C=O) groups is 2. The third-order valence-electron chi connectivity index (χ3n) is 5.60. The molecule has 0 unspecified atom stereocenters. The molecule has 1 N–H and O–H groups in total. The van der Waals surface area contributed by atoms with Crippen molar-refractivity contribution in [3.05, 3.63) is 60.3 Å². The average molecular weight is 393 g/mol. The lowest BCUT2D eigenvalue weighted by atomic mass is 10.0. The number of urea groups is 1. The highest BCUT2D eigenvalue weighted by Gasteiger charge is 2.28. The predicted octanol–water partition coefficient (Wildman–Crippen LogP) is 2.22. The van der Waals surface area contributed by atoms with E-state index in [9.17, 15) is 9.59 Å². The number of hydrogen-bond donors (Lipinski definition) is 1. The normalized spacial score (nSPS) is 19.7. The van der Waals surface area contributed by atoms with Gasteiger partial charge in [0.15, 0.2) is 0 Å². The fraction of sp³-hybridized carbons (Fsp3) is 0.409. The minimum absolute atomic E-state index is 0.00210. The predicted molar refractivity (Wildman–Crippen MR) is 112 cm³/mol. The number of hydrogen-bond acceptors (Lipinski definition) is 4. The third kappa shape index (κ3) is 4.67. The summed E-state index contributed by atoms with van der Waals surface area (Å²) >= 11 is 0. The average Bonchev–Trinajstić information content (AvgIpc) is 2.80. The highest BCUT2D eigenvalue weighted by Crippen LogP contribution is 2.16. The Labute approximate surface area is 171 Å². The number of nitrogens with zero attached hydrogens (tertiary/aromatic N) is 4. The lowest BCUT2D eigenvalue weighted by molar-refractivity contribution is 0.0694. The maximum Gasteiger partial charge on any atom is 0.317 e. The standard InChI is InChI=1S/C22H27N5O2/c28-21(18-7-2-1-3-8-18)27-12-6-9-19(17-27)24-22(29)26-15-13-25(14-16-26)20-10-4-5-11-23-20/h1-5,7-8,10-11,19H,6,9,12-17H2,(H,24,29)/t19-/m1/s1. The van der Waals surface area contributed by atoms with Crippen molar-refractivity contribution in [2.24, 2.45) is 0 Å². The van der Waals surface area contributed by atoms with E-state index in [-0.39, 0.29) is 18.0 Å². The number of benzene rings is 1. The summed E-state index contributed by atoms with van der Waals surface area (Å²) in [5.74, 6) is 0.989. The molecule has 7 heteroatoms. The van der Waals surface area contributed by atoms with E-state index in [1.807, 2.05) is 58.3 Å². The Morgan fingerprint density at radius 2 is 1.66 bits per heavy atom. The maximum atomic E-state index is 12.7. The fourth-order valence-electron chi connectivity index (χ4n) is 3.99. The number of anilines is 1. The van der Waals surface area contributed by atoms with Gasteiger partial charge in [-0.2, -0.15) is 0 Å². The first-order chi connectivity index (χ1) is 14.2. The van der Waals surface area contributed by atoms with Crippen molar-refractivity contribution in [1.82, 2.24) is 20.1 Å². The van der Waals surface area contributed by atoms with Gasteiger partial charge in [0.05, 0.1) is 0 Å². The molecule has 2 saturated heterocycles. The highest BCUT2D eigenvalue weighted by atomic mass is 16.2. The van der Waals surface area contributed by atoms with Crippen LogP contribution in [-0.4, -0.2) is 72.0 Å². The molecule has 1 aromatic carbocycles. The minimum atomic E-state index is -0.0373. The molecule has 4 rings (SSSR count). The van der Waals surface area contributed by atoms with Crippen molar-refractivity contribution in [3.63, 3.8) is 0 Å². The summed E-state index contributed by atoms with van der Waals surface area (Å²) < 4.78 is 0. The second-order valence-corrected chi connectivity index (χ2v) is 7.57. The van der Waals surface area contributed by atoms with Gasteiger partial charge in [0.2, 0.25) is 0 Å². The molecule has 0 spiro atoms. The van der Waals surface area contributed by atoms with Gasteiger partial charge < -0.3 is 20.0 Å². The van der Waals surface area contributed by atoms with Gasteiger partial charge in [-0.3, -0.25) is 4.79 Å². The van der Waals surface area contributed by atoms with Gasteiger partial charge in [0, 0.05) is 57.1 Å². The molecule has 3 heterocycles. The summed E-state index contributed by atoms with van der Waals surface area (Å²) in [5.41, 5.74) is 0.699. The smallest absolute Gasteiger partial charge is 0.317 e. The van der Waals surface area contributed by atoms with E-state index in [1.54, 1.807) is 6.20 Å². The molecular formula is C22H27N5O2. The van der Waals surface area contributed by atoms with E-state index in [1.165, 1.54) is 0 Å². The van der Waals surface area contributed by atoms with E-state index in [0.717, 1.165) is 38.3 Å². The van der Waals surface area contributed by atoms with E-state index in [2.05, 4.69) is 15.2 Å². The first kappa shape index (κ1) is 19.2. The van der Waals surface area contributed by atoms with Crippen LogP contribution in [0.5, 0.6) is 0 Å². The third-order valence-corrected chi connectivity index (χ3v) is 5.60. The van der Waals surface area contributed by atoms with Crippen molar-refractivity contribution in [1.29, 1.82) is 0 Å². The Morgan fingerprint density at radius 1 is 0.897 bits per heavy atom. The Hall–Kier alpha value is -3.09. The van der Waals surface area contributed by atoms with Gasteiger partial charge in [-0.05, 0) is 37.1 Å². The number of rotatable bonds is 3. The Kier molecular flexibility index (Phi) is 5.93. The Balaban J connectivity index is 1.28. The van der Waals surface area contributed by atoms with Crippen LogP contribution in [0.3, 0.4) is 0 Å². The van der Waals surface area contributed by atoms with Crippen molar-refractivity contribution < 1.29 is 9.59 Å². The number of likely N-dealkylation sites (tertiary alicyclic amines) is 1. The van der Waals surface area contributed by atoms with Gasteiger partial charge in [-0.1, -0.05) is 24.3 Å². The monoisotopic (exact) mass is 393 g/mol. The van der Waals surface area contributed by atoms with Gasteiger partial charge >= 0.3 is 6.03 Å². The molecule has 7 nitrogen and oxygen atoms in total. The summed E-state index contributed by atoms with van der Waals surface area (Å²) in [6, 6.07) is 15.2. The molecule has 2 aliphatic rings. The van der Waals surface area contributed by atoms with Crippen LogP contribution in [0.25, 0.3) is 0 Å². The lowest BCUT2D eigenvalue weighted by Gasteiger charge is -2.38.